The van der Waals surface area contributed by atoms with Crippen LogP contribution in [0.15, 0.2) is 34.3 Å². The summed E-state index contributed by atoms with van der Waals surface area (Å²) in [6.45, 7) is 9.10. The summed E-state index contributed by atoms with van der Waals surface area (Å²) >= 11 is 0. The molecule has 4 heterocycles. The smallest absolute Gasteiger partial charge is 0.341 e. The molecule has 5 atom stereocenters. The third kappa shape index (κ3) is 4.04. The van der Waals surface area contributed by atoms with Crippen molar-refractivity contribution in [3.05, 3.63) is 47.0 Å². The van der Waals surface area contributed by atoms with Crippen LogP contribution in [0.3, 0.4) is 0 Å². The molecule has 0 unspecified atom stereocenters. The molecule has 166 valence electrons. The normalized spacial score (nSPS) is 31.7. The number of carbonyl (C=O) groups excluding carboxylic acids is 3. The molecule has 1 aromatic heterocycles. The van der Waals surface area contributed by atoms with Crippen LogP contribution < -0.4 is 0 Å². The molecule has 1 aromatic rings. The Kier molecular flexibility index (Phi) is 5.29. The maximum atomic E-state index is 12.6. The number of furan rings is 1. The summed E-state index contributed by atoms with van der Waals surface area (Å²) in [5.74, 6) is -0.745. The average molecular weight is 430 g/mol. The van der Waals surface area contributed by atoms with E-state index in [4.69, 9.17) is 23.4 Å². The van der Waals surface area contributed by atoms with Crippen LogP contribution in [-0.4, -0.2) is 42.8 Å². The Morgan fingerprint density at radius 1 is 1.29 bits per heavy atom. The lowest BCUT2D eigenvalue weighted by molar-refractivity contribution is -0.147. The van der Waals surface area contributed by atoms with Crippen molar-refractivity contribution >= 4 is 17.9 Å². The van der Waals surface area contributed by atoms with Crippen LogP contribution in [0, 0.1) is 5.92 Å². The van der Waals surface area contributed by atoms with E-state index in [2.05, 4.69) is 6.58 Å². The summed E-state index contributed by atoms with van der Waals surface area (Å²) < 4.78 is 27.9. The third-order valence-corrected chi connectivity index (χ3v) is 6.12. The zero-order valence-corrected chi connectivity index (χ0v) is 18.1. The Hall–Kier alpha value is -2.87. The summed E-state index contributed by atoms with van der Waals surface area (Å²) in [4.78, 5) is 36.7. The molecule has 4 bridgehead atoms. The van der Waals surface area contributed by atoms with Crippen molar-refractivity contribution in [1.82, 2.24) is 0 Å². The molecule has 1 saturated heterocycles. The fourth-order valence-electron chi connectivity index (χ4n) is 4.39. The zero-order valence-electron chi connectivity index (χ0n) is 18.1. The fraction of sp³-hybridized carbons (Fsp3) is 0.522. The number of hydrogen-bond acceptors (Lipinski definition) is 8. The molecule has 0 amide bonds. The molecule has 0 aliphatic carbocycles. The minimum absolute atomic E-state index is 0.230. The minimum Gasteiger partial charge on any atom is -0.465 e. The SMILES string of the molecule is C=C(C)[C@@H]1Cc2oc(cc2C(=O)OC)[C@@H]2O[C@]2(C)C[C@@H]2C=C(C(=O)O2)[C@@H](OC(C)=O)C1. The van der Waals surface area contributed by atoms with Crippen molar-refractivity contribution in [3.8, 4) is 0 Å². The number of ether oxygens (including phenoxy) is 4. The summed E-state index contributed by atoms with van der Waals surface area (Å²) in [7, 11) is 1.31. The van der Waals surface area contributed by atoms with Gasteiger partial charge in [0.25, 0.3) is 0 Å². The van der Waals surface area contributed by atoms with E-state index in [9.17, 15) is 14.4 Å². The van der Waals surface area contributed by atoms with Gasteiger partial charge in [0.2, 0.25) is 0 Å². The zero-order chi connectivity index (χ0) is 22.5. The van der Waals surface area contributed by atoms with Crippen LogP contribution in [0.25, 0.3) is 0 Å². The average Bonchev–Trinajstić information content (AvgIpc) is 3.00. The van der Waals surface area contributed by atoms with Gasteiger partial charge in [0, 0.05) is 19.8 Å². The van der Waals surface area contributed by atoms with E-state index in [0.717, 1.165) is 5.57 Å². The molecule has 0 N–H and O–H groups in total. The van der Waals surface area contributed by atoms with E-state index < -0.39 is 35.7 Å². The maximum Gasteiger partial charge on any atom is 0.341 e. The Morgan fingerprint density at radius 2 is 2.03 bits per heavy atom. The number of carbonyl (C=O) groups is 3. The summed E-state index contributed by atoms with van der Waals surface area (Å²) in [6.07, 6.45) is 1.09. The summed E-state index contributed by atoms with van der Waals surface area (Å²) in [6, 6.07) is 1.66. The number of allylic oxidation sites excluding steroid dienone is 1. The molecule has 3 aliphatic rings. The number of epoxide rings is 1. The molecule has 4 rings (SSSR count). The van der Waals surface area contributed by atoms with E-state index in [1.807, 2.05) is 13.8 Å². The molecular formula is C23H26O8. The number of methoxy groups -OCH3 is 1. The van der Waals surface area contributed by atoms with E-state index in [1.165, 1.54) is 14.0 Å². The highest BCUT2D eigenvalue weighted by Gasteiger charge is 2.57. The van der Waals surface area contributed by atoms with E-state index in [-0.39, 0.29) is 12.0 Å². The second kappa shape index (κ2) is 7.67. The Bertz CT molecular complexity index is 986. The van der Waals surface area contributed by atoms with Gasteiger partial charge in [0.15, 0.2) is 0 Å². The predicted octanol–water partition coefficient (Wildman–Crippen LogP) is 3.21. The van der Waals surface area contributed by atoms with Crippen molar-refractivity contribution < 1.29 is 37.7 Å². The van der Waals surface area contributed by atoms with Crippen molar-refractivity contribution in [1.29, 1.82) is 0 Å². The molecule has 0 radical (unpaired) electrons. The van der Waals surface area contributed by atoms with E-state index in [1.54, 1.807) is 12.1 Å². The molecule has 8 nitrogen and oxygen atoms in total. The first kappa shape index (κ1) is 21.4. The second-order valence-corrected chi connectivity index (χ2v) is 8.64. The predicted molar refractivity (Wildman–Crippen MR) is 107 cm³/mol. The van der Waals surface area contributed by atoms with Crippen LogP contribution in [0.1, 0.15) is 61.6 Å². The number of fused-ring (bicyclic) bond motifs is 5. The third-order valence-electron chi connectivity index (χ3n) is 6.12. The standard InChI is InChI=1S/C23H26O8/c1-11(2)13-6-17(28-12(3)24)15-8-14(29-22(15)26)10-23(4)20(31-23)19-9-16(21(25)27-5)18(7-13)30-19/h8-9,13-14,17,20H,1,6-7,10H2,2-5H3/t13-,14-,17-,20-,23+/m0/s1. The van der Waals surface area contributed by atoms with Crippen LogP contribution in [-0.2, 0) is 35.0 Å². The Labute approximate surface area is 180 Å². The van der Waals surface area contributed by atoms with E-state index in [0.29, 0.717) is 41.9 Å². The van der Waals surface area contributed by atoms with Gasteiger partial charge in [0.1, 0.15) is 41.0 Å². The summed E-state index contributed by atoms with van der Waals surface area (Å²) in [5.41, 5.74) is 0.839. The molecule has 0 saturated carbocycles. The van der Waals surface area contributed by atoms with Gasteiger partial charge in [-0.3, -0.25) is 4.79 Å². The highest BCUT2D eigenvalue weighted by Crippen LogP contribution is 2.54. The quantitative estimate of drug-likeness (QED) is 0.312. The number of esters is 3. The molecule has 0 spiro atoms. The van der Waals surface area contributed by atoms with Gasteiger partial charge in [-0.2, -0.15) is 0 Å². The van der Waals surface area contributed by atoms with Crippen LogP contribution >= 0.6 is 0 Å². The number of hydrogen-bond donors (Lipinski definition) is 0. The highest BCUT2D eigenvalue weighted by atomic mass is 16.6. The van der Waals surface area contributed by atoms with Gasteiger partial charge in [-0.1, -0.05) is 12.2 Å². The molecule has 1 fully saturated rings. The molecule has 3 aliphatic heterocycles. The fourth-order valence-corrected chi connectivity index (χ4v) is 4.39. The lowest BCUT2D eigenvalue weighted by Gasteiger charge is -2.23. The van der Waals surface area contributed by atoms with E-state index >= 15 is 0 Å². The maximum absolute atomic E-state index is 12.6. The second-order valence-electron chi connectivity index (χ2n) is 8.64. The Morgan fingerprint density at radius 3 is 2.68 bits per heavy atom. The lowest BCUT2D eigenvalue weighted by Crippen LogP contribution is -2.27. The minimum atomic E-state index is -0.794. The largest absolute Gasteiger partial charge is 0.465 e. The van der Waals surface area contributed by atoms with Gasteiger partial charge in [-0.05, 0) is 38.3 Å². The molecule has 31 heavy (non-hydrogen) atoms. The van der Waals surface area contributed by atoms with Crippen molar-refractivity contribution in [2.45, 2.75) is 63.9 Å². The first-order valence-electron chi connectivity index (χ1n) is 10.3. The monoisotopic (exact) mass is 430 g/mol. The van der Waals surface area contributed by atoms with Gasteiger partial charge in [-0.25, -0.2) is 9.59 Å². The van der Waals surface area contributed by atoms with Gasteiger partial charge < -0.3 is 23.4 Å². The first-order valence-corrected chi connectivity index (χ1v) is 10.3. The van der Waals surface area contributed by atoms with Crippen molar-refractivity contribution in [2.24, 2.45) is 5.92 Å². The van der Waals surface area contributed by atoms with Crippen molar-refractivity contribution in [2.75, 3.05) is 7.11 Å². The Balaban J connectivity index is 1.78. The van der Waals surface area contributed by atoms with Crippen molar-refractivity contribution in [3.63, 3.8) is 0 Å². The number of rotatable bonds is 3. The lowest BCUT2D eigenvalue weighted by atomic mass is 9.87. The van der Waals surface area contributed by atoms with Crippen LogP contribution in [0.4, 0.5) is 0 Å². The summed E-state index contributed by atoms with van der Waals surface area (Å²) in [5, 5.41) is 0. The van der Waals surface area contributed by atoms with Gasteiger partial charge >= 0.3 is 17.9 Å². The van der Waals surface area contributed by atoms with Crippen LogP contribution in [0.2, 0.25) is 0 Å². The highest BCUT2D eigenvalue weighted by molar-refractivity contribution is 5.92. The van der Waals surface area contributed by atoms with Crippen LogP contribution in [0.5, 0.6) is 0 Å². The first-order chi connectivity index (χ1) is 14.6. The van der Waals surface area contributed by atoms with Gasteiger partial charge in [0.05, 0.1) is 12.7 Å². The molecule has 0 aromatic carbocycles. The molecule has 8 heteroatoms. The molecular weight excluding hydrogens is 404 g/mol. The topological polar surface area (TPSA) is 105 Å². The van der Waals surface area contributed by atoms with Gasteiger partial charge in [-0.15, -0.1) is 0 Å².